The van der Waals surface area contributed by atoms with Gasteiger partial charge in [-0.2, -0.15) is 13.2 Å². The quantitative estimate of drug-likeness (QED) is 0.842. The molecule has 0 aromatic heterocycles. The molecule has 0 radical (unpaired) electrons. The normalized spacial score (nSPS) is 14.0. The average molecular weight is 280 g/mol. The van der Waals surface area contributed by atoms with Crippen LogP contribution in [-0.4, -0.2) is 0 Å². The summed E-state index contributed by atoms with van der Waals surface area (Å²) in [6, 6.07) is 3.09. The van der Waals surface area contributed by atoms with Crippen LogP contribution in [0.3, 0.4) is 0 Å². The maximum absolute atomic E-state index is 12.6. The summed E-state index contributed by atoms with van der Waals surface area (Å²) in [6.45, 7) is 4.09. The van der Waals surface area contributed by atoms with Crippen molar-refractivity contribution in [2.75, 3.05) is 0 Å². The molecule has 0 spiro atoms. The van der Waals surface area contributed by atoms with Gasteiger partial charge in [-0.15, -0.1) is 0 Å². The zero-order valence-corrected chi connectivity index (χ0v) is 11.1. The summed E-state index contributed by atoms with van der Waals surface area (Å²) in [7, 11) is 0. The lowest BCUT2D eigenvalue weighted by molar-refractivity contribution is -0.137. The van der Waals surface area contributed by atoms with Gasteiger partial charge >= 0.3 is 6.18 Å². The van der Waals surface area contributed by atoms with Crippen molar-refractivity contribution in [2.45, 2.75) is 38.9 Å². The number of rotatable bonds is 4. The van der Waals surface area contributed by atoms with Crippen molar-refractivity contribution < 1.29 is 13.2 Å². The molecule has 0 aliphatic heterocycles. The van der Waals surface area contributed by atoms with Gasteiger partial charge in [-0.3, -0.25) is 0 Å². The zero-order valence-electron chi connectivity index (χ0n) is 10.4. The summed E-state index contributed by atoms with van der Waals surface area (Å²) in [5.74, 6) is 0.470. The third kappa shape index (κ3) is 4.50. The van der Waals surface area contributed by atoms with Crippen molar-refractivity contribution in [3.8, 4) is 0 Å². The first-order valence-electron chi connectivity index (χ1n) is 5.83. The second-order valence-electron chi connectivity index (χ2n) is 4.85. The average Bonchev–Trinajstić information content (AvgIpc) is 2.23. The number of halogens is 4. The summed E-state index contributed by atoms with van der Waals surface area (Å²) in [4.78, 5) is 0. The van der Waals surface area contributed by atoms with Crippen LogP contribution in [-0.2, 0) is 6.18 Å². The van der Waals surface area contributed by atoms with Gasteiger partial charge < -0.3 is 5.73 Å². The van der Waals surface area contributed by atoms with Gasteiger partial charge in [-0.1, -0.05) is 25.4 Å². The van der Waals surface area contributed by atoms with Gasteiger partial charge in [0, 0.05) is 11.1 Å². The van der Waals surface area contributed by atoms with Crippen molar-refractivity contribution in [3.63, 3.8) is 0 Å². The molecule has 18 heavy (non-hydrogen) atoms. The Balaban J connectivity index is 2.92. The molecule has 1 rings (SSSR count). The minimum atomic E-state index is -4.39. The van der Waals surface area contributed by atoms with E-state index >= 15 is 0 Å². The van der Waals surface area contributed by atoms with Crippen LogP contribution in [0.4, 0.5) is 13.2 Å². The fourth-order valence-electron chi connectivity index (χ4n) is 1.67. The summed E-state index contributed by atoms with van der Waals surface area (Å²) >= 11 is 5.71. The molecule has 0 aliphatic rings. The van der Waals surface area contributed by atoms with E-state index < -0.39 is 17.8 Å². The SMILES string of the molecule is CC(C)CC[C@@H](N)c1cc(Cl)cc(C(F)(F)F)c1. The van der Waals surface area contributed by atoms with Gasteiger partial charge in [0.25, 0.3) is 0 Å². The zero-order chi connectivity index (χ0) is 13.9. The lowest BCUT2D eigenvalue weighted by Crippen LogP contribution is -2.13. The predicted octanol–water partition coefficient (Wildman–Crippen LogP) is 4.79. The molecule has 1 nitrogen and oxygen atoms in total. The third-order valence-electron chi connectivity index (χ3n) is 2.73. The van der Waals surface area contributed by atoms with Crippen molar-refractivity contribution in [3.05, 3.63) is 34.3 Å². The second-order valence-corrected chi connectivity index (χ2v) is 5.29. The van der Waals surface area contributed by atoms with Gasteiger partial charge in [0.1, 0.15) is 0 Å². The molecule has 0 bridgehead atoms. The molecular formula is C13H17ClF3N. The molecular weight excluding hydrogens is 263 g/mol. The molecule has 0 aliphatic carbocycles. The fourth-order valence-corrected chi connectivity index (χ4v) is 1.91. The van der Waals surface area contributed by atoms with E-state index in [0.717, 1.165) is 18.6 Å². The standard InChI is InChI=1S/C13H17ClF3N/c1-8(2)3-4-12(18)9-5-10(13(15,16)17)7-11(14)6-9/h5-8,12H,3-4,18H2,1-2H3/t12-/m1/s1. The van der Waals surface area contributed by atoms with Crippen LogP contribution in [0.15, 0.2) is 18.2 Å². The second kappa shape index (κ2) is 5.93. The highest BCUT2D eigenvalue weighted by molar-refractivity contribution is 6.30. The molecule has 5 heteroatoms. The third-order valence-corrected chi connectivity index (χ3v) is 2.95. The Kier molecular flexibility index (Phi) is 5.05. The molecule has 2 N–H and O–H groups in total. The first kappa shape index (κ1) is 15.3. The van der Waals surface area contributed by atoms with Crippen molar-refractivity contribution >= 4 is 11.6 Å². The number of alkyl halides is 3. The van der Waals surface area contributed by atoms with E-state index in [1.165, 1.54) is 6.07 Å². The summed E-state index contributed by atoms with van der Waals surface area (Å²) < 4.78 is 37.9. The largest absolute Gasteiger partial charge is 0.416 e. The van der Waals surface area contributed by atoms with E-state index in [1.54, 1.807) is 0 Å². The summed E-state index contributed by atoms with van der Waals surface area (Å²) in [5.41, 5.74) is 5.59. The maximum Gasteiger partial charge on any atom is 0.416 e. The van der Waals surface area contributed by atoms with E-state index in [-0.39, 0.29) is 5.02 Å². The Bertz CT molecular complexity index is 402. The van der Waals surface area contributed by atoms with E-state index in [9.17, 15) is 13.2 Å². The minimum Gasteiger partial charge on any atom is -0.324 e. The summed E-state index contributed by atoms with van der Waals surface area (Å²) in [5, 5.41) is 0.0693. The van der Waals surface area contributed by atoms with Gasteiger partial charge in [-0.25, -0.2) is 0 Å². The van der Waals surface area contributed by atoms with Crippen LogP contribution >= 0.6 is 11.6 Å². The van der Waals surface area contributed by atoms with Crippen LogP contribution in [0.2, 0.25) is 5.02 Å². The maximum atomic E-state index is 12.6. The Morgan fingerprint density at radius 2 is 1.78 bits per heavy atom. The molecule has 1 atom stereocenters. The van der Waals surface area contributed by atoms with Crippen LogP contribution < -0.4 is 5.73 Å². The number of benzene rings is 1. The Hall–Kier alpha value is -0.740. The van der Waals surface area contributed by atoms with Crippen molar-refractivity contribution in [1.29, 1.82) is 0 Å². The Morgan fingerprint density at radius 3 is 2.28 bits per heavy atom. The molecule has 0 saturated carbocycles. The van der Waals surface area contributed by atoms with Gasteiger partial charge in [0.2, 0.25) is 0 Å². The van der Waals surface area contributed by atoms with Crippen molar-refractivity contribution in [1.82, 2.24) is 0 Å². The lowest BCUT2D eigenvalue weighted by Gasteiger charge is -2.16. The van der Waals surface area contributed by atoms with Gasteiger partial charge in [-0.05, 0) is 42.5 Å². The highest BCUT2D eigenvalue weighted by atomic mass is 35.5. The molecule has 0 fully saturated rings. The summed E-state index contributed by atoms with van der Waals surface area (Å²) in [6.07, 6.45) is -2.87. The Morgan fingerprint density at radius 1 is 1.17 bits per heavy atom. The molecule has 102 valence electrons. The number of hydrogen-bond acceptors (Lipinski definition) is 1. The van der Waals surface area contributed by atoms with Crippen LogP contribution in [0.25, 0.3) is 0 Å². The lowest BCUT2D eigenvalue weighted by atomic mass is 9.97. The first-order valence-corrected chi connectivity index (χ1v) is 6.21. The highest BCUT2D eigenvalue weighted by Gasteiger charge is 2.31. The number of nitrogens with two attached hydrogens (primary N) is 1. The molecule has 0 unspecified atom stereocenters. The van der Waals surface area contributed by atoms with E-state index in [1.807, 2.05) is 13.8 Å². The predicted molar refractivity (Wildman–Crippen MR) is 67.5 cm³/mol. The molecule has 0 amide bonds. The topological polar surface area (TPSA) is 26.0 Å². The minimum absolute atomic E-state index is 0.0693. The molecule has 0 heterocycles. The van der Waals surface area contributed by atoms with Crippen LogP contribution in [0.1, 0.15) is 43.9 Å². The van der Waals surface area contributed by atoms with Crippen LogP contribution in [0, 0.1) is 5.92 Å². The monoisotopic (exact) mass is 279 g/mol. The molecule has 1 aromatic carbocycles. The van der Waals surface area contributed by atoms with E-state index in [4.69, 9.17) is 17.3 Å². The molecule has 0 saturated heterocycles. The first-order chi connectivity index (χ1) is 8.20. The highest BCUT2D eigenvalue weighted by Crippen LogP contribution is 2.33. The van der Waals surface area contributed by atoms with E-state index in [2.05, 4.69) is 0 Å². The van der Waals surface area contributed by atoms with E-state index in [0.29, 0.717) is 17.9 Å². The Labute approximate surface area is 110 Å². The smallest absolute Gasteiger partial charge is 0.324 e. The van der Waals surface area contributed by atoms with Gasteiger partial charge in [0.05, 0.1) is 5.56 Å². The molecule has 1 aromatic rings. The number of hydrogen-bond donors (Lipinski definition) is 1. The fraction of sp³-hybridized carbons (Fsp3) is 0.538. The van der Waals surface area contributed by atoms with Crippen molar-refractivity contribution in [2.24, 2.45) is 11.7 Å². The van der Waals surface area contributed by atoms with Gasteiger partial charge in [0.15, 0.2) is 0 Å². The van der Waals surface area contributed by atoms with Crippen LogP contribution in [0.5, 0.6) is 0 Å².